The van der Waals surface area contributed by atoms with Crippen LogP contribution in [0.15, 0.2) is 48.5 Å². The largest absolute Gasteiger partial charge is 0.379 e. The second-order valence-corrected chi connectivity index (χ2v) is 4.29. The minimum atomic E-state index is 0.140. The zero-order valence-electron chi connectivity index (χ0n) is 10.6. The molecule has 2 rings (SSSR count). The predicted octanol–water partition coefficient (Wildman–Crippen LogP) is 3.60. The molecule has 2 aromatic carbocycles. The fourth-order valence-corrected chi connectivity index (χ4v) is 1.82. The average molecular weight is 247 g/mol. The van der Waals surface area contributed by atoms with Gasteiger partial charge in [0.05, 0.1) is 23.3 Å². The molecule has 0 spiro atoms. The number of hydrogen-bond acceptors (Lipinski definition) is 3. The summed E-state index contributed by atoms with van der Waals surface area (Å²) in [6.45, 7) is 2.06. The van der Waals surface area contributed by atoms with Gasteiger partial charge >= 0.3 is 0 Å². The number of hydrogen-bond donors (Lipinski definition) is 1. The Morgan fingerprint density at radius 2 is 1.32 bits per heavy atom. The number of nitriles is 2. The van der Waals surface area contributed by atoms with Crippen LogP contribution in [0, 0.1) is 22.7 Å². The van der Waals surface area contributed by atoms with Gasteiger partial charge in [0.1, 0.15) is 0 Å². The molecule has 0 aromatic heterocycles. The van der Waals surface area contributed by atoms with Gasteiger partial charge in [0.15, 0.2) is 0 Å². The third-order valence-corrected chi connectivity index (χ3v) is 2.94. The molecule has 1 unspecified atom stereocenters. The first-order chi connectivity index (χ1) is 9.22. The highest BCUT2D eigenvalue weighted by Gasteiger charge is 2.05. The highest BCUT2D eigenvalue weighted by Crippen LogP contribution is 2.19. The topological polar surface area (TPSA) is 59.6 Å². The normalized spacial score (nSPS) is 11.1. The van der Waals surface area contributed by atoms with E-state index >= 15 is 0 Å². The summed E-state index contributed by atoms with van der Waals surface area (Å²) in [5.41, 5.74) is 3.39. The Labute approximate surface area is 112 Å². The summed E-state index contributed by atoms with van der Waals surface area (Å²) < 4.78 is 0. The molecule has 92 valence electrons. The maximum absolute atomic E-state index is 8.76. The second kappa shape index (κ2) is 5.71. The number of anilines is 1. The van der Waals surface area contributed by atoms with Gasteiger partial charge in [-0.05, 0) is 48.9 Å². The van der Waals surface area contributed by atoms with Gasteiger partial charge in [0.25, 0.3) is 0 Å². The van der Waals surface area contributed by atoms with Crippen LogP contribution in [0.5, 0.6) is 0 Å². The monoisotopic (exact) mass is 247 g/mol. The molecule has 0 radical (unpaired) electrons. The van der Waals surface area contributed by atoms with Crippen LogP contribution in [0.4, 0.5) is 5.69 Å². The van der Waals surface area contributed by atoms with Gasteiger partial charge in [-0.1, -0.05) is 12.1 Å². The third kappa shape index (κ3) is 3.12. The molecule has 0 bridgehead atoms. The van der Waals surface area contributed by atoms with Crippen molar-refractivity contribution in [3.05, 3.63) is 65.2 Å². The molecule has 19 heavy (non-hydrogen) atoms. The molecule has 1 N–H and O–H groups in total. The van der Waals surface area contributed by atoms with Crippen molar-refractivity contribution in [3.8, 4) is 12.1 Å². The van der Waals surface area contributed by atoms with Crippen molar-refractivity contribution in [1.82, 2.24) is 0 Å². The highest BCUT2D eigenvalue weighted by atomic mass is 14.9. The van der Waals surface area contributed by atoms with Crippen LogP contribution < -0.4 is 5.32 Å². The Kier molecular flexibility index (Phi) is 3.81. The first-order valence-electron chi connectivity index (χ1n) is 5.99. The summed E-state index contributed by atoms with van der Waals surface area (Å²) in [6.07, 6.45) is 0. The SMILES string of the molecule is CC(Nc1ccc(C#N)cc1)c1ccc(C#N)cc1. The van der Waals surface area contributed by atoms with Crippen LogP contribution >= 0.6 is 0 Å². The molecule has 0 aliphatic rings. The van der Waals surface area contributed by atoms with E-state index in [0.29, 0.717) is 11.1 Å². The van der Waals surface area contributed by atoms with Crippen LogP contribution in [0.1, 0.15) is 29.7 Å². The van der Waals surface area contributed by atoms with Crippen LogP contribution in [0.3, 0.4) is 0 Å². The fraction of sp³-hybridized carbons (Fsp3) is 0.125. The first-order valence-corrected chi connectivity index (χ1v) is 5.99. The molecular formula is C16H13N3. The smallest absolute Gasteiger partial charge is 0.0991 e. The minimum absolute atomic E-state index is 0.140. The van der Waals surface area contributed by atoms with Crippen molar-refractivity contribution in [1.29, 1.82) is 10.5 Å². The van der Waals surface area contributed by atoms with E-state index in [-0.39, 0.29) is 6.04 Å². The van der Waals surface area contributed by atoms with E-state index in [4.69, 9.17) is 10.5 Å². The predicted molar refractivity (Wildman–Crippen MR) is 74.4 cm³/mol. The highest BCUT2D eigenvalue weighted by molar-refractivity contribution is 5.49. The Morgan fingerprint density at radius 3 is 1.79 bits per heavy atom. The summed E-state index contributed by atoms with van der Waals surface area (Å²) >= 11 is 0. The summed E-state index contributed by atoms with van der Waals surface area (Å²) in [5, 5.41) is 20.9. The van der Waals surface area contributed by atoms with E-state index in [9.17, 15) is 0 Å². The molecule has 0 amide bonds. The molecule has 0 aliphatic heterocycles. The van der Waals surface area contributed by atoms with Crippen LogP contribution in [-0.2, 0) is 0 Å². The number of rotatable bonds is 3. The van der Waals surface area contributed by atoms with Crippen molar-refractivity contribution in [2.75, 3.05) is 5.32 Å². The summed E-state index contributed by atoms with van der Waals surface area (Å²) in [7, 11) is 0. The van der Waals surface area contributed by atoms with E-state index < -0.39 is 0 Å². The molecule has 1 atom stereocenters. The number of benzene rings is 2. The number of nitrogens with zero attached hydrogens (tertiary/aromatic N) is 2. The van der Waals surface area contributed by atoms with Gasteiger partial charge in [0, 0.05) is 11.7 Å². The van der Waals surface area contributed by atoms with Crippen molar-refractivity contribution in [2.24, 2.45) is 0 Å². The van der Waals surface area contributed by atoms with Gasteiger partial charge < -0.3 is 5.32 Å². The Morgan fingerprint density at radius 1 is 0.842 bits per heavy atom. The van der Waals surface area contributed by atoms with E-state index in [2.05, 4.69) is 24.4 Å². The van der Waals surface area contributed by atoms with Gasteiger partial charge in [-0.2, -0.15) is 10.5 Å². The lowest BCUT2D eigenvalue weighted by Crippen LogP contribution is -2.06. The van der Waals surface area contributed by atoms with Crippen molar-refractivity contribution in [3.63, 3.8) is 0 Å². The zero-order valence-corrected chi connectivity index (χ0v) is 10.6. The van der Waals surface area contributed by atoms with Crippen molar-refractivity contribution in [2.45, 2.75) is 13.0 Å². The van der Waals surface area contributed by atoms with Crippen LogP contribution in [-0.4, -0.2) is 0 Å². The second-order valence-electron chi connectivity index (χ2n) is 4.29. The van der Waals surface area contributed by atoms with E-state index in [1.165, 1.54) is 0 Å². The zero-order chi connectivity index (χ0) is 13.7. The molecule has 0 heterocycles. The molecule has 0 saturated heterocycles. The third-order valence-electron chi connectivity index (χ3n) is 2.94. The number of nitrogens with one attached hydrogen (secondary N) is 1. The molecule has 0 saturated carbocycles. The summed E-state index contributed by atoms with van der Waals surface area (Å²) in [5.74, 6) is 0. The molecule has 0 aliphatic carbocycles. The van der Waals surface area contributed by atoms with Crippen molar-refractivity contribution >= 4 is 5.69 Å². The van der Waals surface area contributed by atoms with Crippen LogP contribution in [0.25, 0.3) is 0 Å². The van der Waals surface area contributed by atoms with Crippen molar-refractivity contribution < 1.29 is 0 Å². The maximum Gasteiger partial charge on any atom is 0.0991 e. The minimum Gasteiger partial charge on any atom is -0.379 e. The lowest BCUT2D eigenvalue weighted by molar-refractivity contribution is 0.884. The molecular weight excluding hydrogens is 234 g/mol. The molecule has 2 aromatic rings. The van der Waals surface area contributed by atoms with E-state index in [0.717, 1.165) is 11.3 Å². The Balaban J connectivity index is 2.09. The average Bonchev–Trinajstić information content (AvgIpc) is 2.48. The quantitative estimate of drug-likeness (QED) is 0.901. The summed E-state index contributed by atoms with van der Waals surface area (Å²) in [4.78, 5) is 0. The first kappa shape index (κ1) is 12.7. The fourth-order valence-electron chi connectivity index (χ4n) is 1.82. The molecule has 3 heteroatoms. The van der Waals surface area contributed by atoms with E-state index in [1.54, 1.807) is 12.1 Å². The maximum atomic E-state index is 8.76. The standard InChI is InChI=1S/C16H13N3/c1-12(15-6-2-13(10-17)3-7-15)19-16-8-4-14(11-18)5-9-16/h2-9,12,19H,1H3. The molecule has 3 nitrogen and oxygen atoms in total. The Bertz CT molecular complexity index is 628. The molecule has 0 fully saturated rings. The summed E-state index contributed by atoms with van der Waals surface area (Å²) in [6, 6.07) is 19.2. The van der Waals surface area contributed by atoms with E-state index in [1.807, 2.05) is 36.4 Å². The van der Waals surface area contributed by atoms with Gasteiger partial charge in [-0.3, -0.25) is 0 Å². The van der Waals surface area contributed by atoms with Gasteiger partial charge in [-0.25, -0.2) is 0 Å². The lowest BCUT2D eigenvalue weighted by atomic mass is 10.1. The van der Waals surface area contributed by atoms with Crippen LogP contribution in [0.2, 0.25) is 0 Å². The van der Waals surface area contributed by atoms with Gasteiger partial charge in [0.2, 0.25) is 0 Å². The van der Waals surface area contributed by atoms with Gasteiger partial charge in [-0.15, -0.1) is 0 Å². The lowest BCUT2D eigenvalue weighted by Gasteiger charge is -2.15. The Hall–Kier alpha value is -2.78.